The summed E-state index contributed by atoms with van der Waals surface area (Å²) in [5.41, 5.74) is 4.28. The van der Waals surface area contributed by atoms with E-state index in [1.54, 1.807) is 30.5 Å². The second-order valence-electron chi connectivity index (χ2n) is 6.49. The van der Waals surface area contributed by atoms with Crippen LogP contribution >= 0.6 is 0 Å². The van der Waals surface area contributed by atoms with Crippen molar-refractivity contribution in [1.82, 2.24) is 10.3 Å². The zero-order chi connectivity index (χ0) is 19.9. The average Bonchev–Trinajstić information content (AvgIpc) is 2.68. The number of nitrogens with zero attached hydrogens (tertiary/aromatic N) is 1. The number of nitrogens with one attached hydrogen (secondary N) is 3. The molecule has 0 bridgehead atoms. The van der Waals surface area contributed by atoms with E-state index in [2.05, 4.69) is 20.9 Å². The number of hydrogen-bond acceptors (Lipinski definition) is 4. The van der Waals surface area contributed by atoms with E-state index in [-0.39, 0.29) is 11.8 Å². The zero-order valence-electron chi connectivity index (χ0n) is 15.8. The number of carbonyl (C=O) groups is 2. The second-order valence-corrected chi connectivity index (χ2v) is 6.49. The molecule has 28 heavy (non-hydrogen) atoms. The Morgan fingerprint density at radius 3 is 2.36 bits per heavy atom. The van der Waals surface area contributed by atoms with Crippen LogP contribution in [0.4, 0.5) is 17.2 Å². The molecule has 0 atom stereocenters. The number of amides is 2. The number of aromatic nitrogens is 1. The number of benzene rings is 2. The van der Waals surface area contributed by atoms with Gasteiger partial charge in [0.15, 0.2) is 0 Å². The molecule has 142 valence electrons. The molecule has 6 nitrogen and oxygen atoms in total. The van der Waals surface area contributed by atoms with Gasteiger partial charge in [-0.15, -0.1) is 0 Å². The lowest BCUT2D eigenvalue weighted by molar-refractivity contribution is -0.114. The molecule has 3 rings (SSSR count). The summed E-state index contributed by atoms with van der Waals surface area (Å²) in [4.78, 5) is 27.6. The van der Waals surface area contributed by atoms with E-state index in [9.17, 15) is 9.59 Å². The molecule has 3 aromatic rings. The van der Waals surface area contributed by atoms with Crippen molar-refractivity contribution in [3.8, 4) is 0 Å². The van der Waals surface area contributed by atoms with Gasteiger partial charge < -0.3 is 16.0 Å². The Bertz CT molecular complexity index is 967. The monoisotopic (exact) mass is 374 g/mol. The second kappa shape index (κ2) is 8.81. The first-order chi connectivity index (χ1) is 13.5. The maximum atomic E-state index is 12.3. The van der Waals surface area contributed by atoms with Crippen LogP contribution in [0.15, 0.2) is 66.9 Å². The number of aryl methyl sites for hydroxylation is 1. The SMILES string of the molecule is CC(=O)Nc1ccc(Nc2ccc(C(=O)NCc3cccc(C)c3)cn2)cc1. The molecule has 0 saturated heterocycles. The quantitative estimate of drug-likeness (QED) is 0.608. The lowest BCUT2D eigenvalue weighted by Crippen LogP contribution is -2.22. The molecule has 0 saturated carbocycles. The van der Waals surface area contributed by atoms with Crippen molar-refractivity contribution >= 4 is 29.0 Å². The zero-order valence-corrected chi connectivity index (χ0v) is 15.8. The number of carbonyl (C=O) groups excluding carboxylic acids is 2. The molecule has 0 aliphatic rings. The molecule has 0 spiro atoms. The highest BCUT2D eigenvalue weighted by Gasteiger charge is 2.06. The van der Waals surface area contributed by atoms with Crippen molar-refractivity contribution in [3.05, 3.63) is 83.6 Å². The van der Waals surface area contributed by atoms with Gasteiger partial charge in [-0.25, -0.2) is 4.98 Å². The van der Waals surface area contributed by atoms with Crippen molar-refractivity contribution in [2.24, 2.45) is 0 Å². The molecular formula is C22H22N4O2. The van der Waals surface area contributed by atoms with Crippen molar-refractivity contribution in [2.75, 3.05) is 10.6 Å². The summed E-state index contributed by atoms with van der Waals surface area (Å²) < 4.78 is 0. The van der Waals surface area contributed by atoms with E-state index in [1.807, 2.05) is 43.3 Å². The number of anilines is 3. The van der Waals surface area contributed by atoms with Crippen LogP contribution in [0.1, 0.15) is 28.4 Å². The summed E-state index contributed by atoms with van der Waals surface area (Å²) >= 11 is 0. The van der Waals surface area contributed by atoms with Gasteiger partial charge in [0.25, 0.3) is 5.91 Å². The molecule has 0 aliphatic heterocycles. The molecule has 0 aliphatic carbocycles. The van der Waals surface area contributed by atoms with Crippen LogP contribution in [-0.4, -0.2) is 16.8 Å². The topological polar surface area (TPSA) is 83.1 Å². The summed E-state index contributed by atoms with van der Waals surface area (Å²) in [5.74, 6) is 0.348. The van der Waals surface area contributed by atoms with Gasteiger partial charge in [-0.3, -0.25) is 9.59 Å². The minimum Gasteiger partial charge on any atom is -0.348 e. The molecule has 0 fully saturated rings. The third-order valence-electron chi connectivity index (χ3n) is 4.04. The maximum absolute atomic E-state index is 12.3. The molecule has 2 aromatic carbocycles. The van der Waals surface area contributed by atoms with E-state index in [0.717, 1.165) is 22.5 Å². The maximum Gasteiger partial charge on any atom is 0.253 e. The van der Waals surface area contributed by atoms with E-state index >= 15 is 0 Å². The smallest absolute Gasteiger partial charge is 0.253 e. The summed E-state index contributed by atoms with van der Waals surface area (Å²) in [5, 5.41) is 8.77. The van der Waals surface area contributed by atoms with Crippen molar-refractivity contribution < 1.29 is 9.59 Å². The fourth-order valence-corrected chi connectivity index (χ4v) is 2.70. The summed E-state index contributed by atoms with van der Waals surface area (Å²) in [6.45, 7) is 3.96. The number of pyridine rings is 1. The predicted octanol–water partition coefficient (Wildman–Crippen LogP) is 4.02. The Labute approximate surface area is 164 Å². The highest BCUT2D eigenvalue weighted by atomic mass is 16.2. The minimum atomic E-state index is -0.166. The van der Waals surface area contributed by atoms with E-state index in [0.29, 0.717) is 17.9 Å². The molecule has 6 heteroatoms. The Balaban J connectivity index is 1.56. The van der Waals surface area contributed by atoms with Crippen LogP contribution in [0.5, 0.6) is 0 Å². The Morgan fingerprint density at radius 2 is 1.71 bits per heavy atom. The fraction of sp³-hybridized carbons (Fsp3) is 0.136. The van der Waals surface area contributed by atoms with Crippen LogP contribution in [0.25, 0.3) is 0 Å². The van der Waals surface area contributed by atoms with Crippen LogP contribution in [0, 0.1) is 6.92 Å². The van der Waals surface area contributed by atoms with E-state index in [4.69, 9.17) is 0 Å². The van der Waals surface area contributed by atoms with Gasteiger partial charge in [-0.05, 0) is 48.9 Å². The largest absolute Gasteiger partial charge is 0.348 e. The number of hydrogen-bond donors (Lipinski definition) is 3. The minimum absolute atomic E-state index is 0.112. The van der Waals surface area contributed by atoms with Crippen molar-refractivity contribution in [2.45, 2.75) is 20.4 Å². The van der Waals surface area contributed by atoms with Crippen LogP contribution < -0.4 is 16.0 Å². The van der Waals surface area contributed by atoms with Crippen LogP contribution in [-0.2, 0) is 11.3 Å². The summed E-state index contributed by atoms with van der Waals surface area (Å²) in [6, 6.07) is 18.8. The fourth-order valence-electron chi connectivity index (χ4n) is 2.70. The average molecular weight is 374 g/mol. The third kappa shape index (κ3) is 5.41. The standard InChI is InChI=1S/C22H22N4O2/c1-15-4-3-5-17(12-15)13-24-22(28)18-6-11-21(23-14-18)26-20-9-7-19(8-10-20)25-16(2)27/h3-12,14H,13H2,1-2H3,(H,23,26)(H,24,28)(H,25,27). The predicted molar refractivity (Wildman–Crippen MR) is 111 cm³/mol. The highest BCUT2D eigenvalue weighted by molar-refractivity contribution is 5.94. The van der Waals surface area contributed by atoms with Gasteiger partial charge in [0.2, 0.25) is 5.91 Å². The first kappa shape index (κ1) is 19.1. The number of rotatable bonds is 6. The molecule has 1 aromatic heterocycles. The summed E-state index contributed by atoms with van der Waals surface area (Å²) in [7, 11) is 0. The molecule has 0 unspecified atom stereocenters. The Hall–Kier alpha value is -3.67. The van der Waals surface area contributed by atoms with E-state index in [1.165, 1.54) is 6.92 Å². The third-order valence-corrected chi connectivity index (χ3v) is 4.04. The van der Waals surface area contributed by atoms with Crippen LogP contribution in [0.2, 0.25) is 0 Å². The van der Waals surface area contributed by atoms with Gasteiger partial charge >= 0.3 is 0 Å². The van der Waals surface area contributed by atoms with Gasteiger partial charge in [0.05, 0.1) is 5.56 Å². The Kier molecular flexibility index (Phi) is 6.01. The normalized spacial score (nSPS) is 10.2. The summed E-state index contributed by atoms with van der Waals surface area (Å²) in [6.07, 6.45) is 1.54. The molecular weight excluding hydrogens is 352 g/mol. The molecule has 0 radical (unpaired) electrons. The van der Waals surface area contributed by atoms with Crippen LogP contribution in [0.3, 0.4) is 0 Å². The Morgan fingerprint density at radius 1 is 0.964 bits per heavy atom. The molecule has 1 heterocycles. The van der Waals surface area contributed by atoms with Gasteiger partial charge in [-0.1, -0.05) is 29.8 Å². The molecule has 2 amide bonds. The van der Waals surface area contributed by atoms with Gasteiger partial charge in [-0.2, -0.15) is 0 Å². The highest BCUT2D eigenvalue weighted by Crippen LogP contribution is 2.18. The van der Waals surface area contributed by atoms with E-state index < -0.39 is 0 Å². The lowest BCUT2D eigenvalue weighted by Gasteiger charge is -2.09. The van der Waals surface area contributed by atoms with Crippen molar-refractivity contribution in [3.63, 3.8) is 0 Å². The van der Waals surface area contributed by atoms with Crippen molar-refractivity contribution in [1.29, 1.82) is 0 Å². The van der Waals surface area contributed by atoms with Gasteiger partial charge in [0.1, 0.15) is 5.82 Å². The molecule has 3 N–H and O–H groups in total. The first-order valence-corrected chi connectivity index (χ1v) is 8.94. The van der Waals surface area contributed by atoms with Gasteiger partial charge in [0, 0.05) is 31.0 Å². The lowest BCUT2D eigenvalue weighted by atomic mass is 10.1. The first-order valence-electron chi connectivity index (χ1n) is 8.94.